The Morgan fingerprint density at radius 2 is 1.83 bits per heavy atom. The van der Waals surface area contributed by atoms with E-state index in [4.69, 9.17) is 0 Å². The van der Waals surface area contributed by atoms with E-state index in [1.54, 1.807) is 24.3 Å². The van der Waals surface area contributed by atoms with Gasteiger partial charge < -0.3 is 5.32 Å². The van der Waals surface area contributed by atoms with E-state index in [1.807, 2.05) is 0 Å². The lowest BCUT2D eigenvalue weighted by molar-refractivity contribution is -0.120. The van der Waals surface area contributed by atoms with Crippen LogP contribution in [0.15, 0.2) is 58.1 Å². The second-order valence-corrected chi connectivity index (χ2v) is 5.36. The molecule has 0 radical (unpaired) electrons. The van der Waals surface area contributed by atoms with Gasteiger partial charge in [-0.15, -0.1) is 0 Å². The molecule has 23 heavy (non-hydrogen) atoms. The van der Waals surface area contributed by atoms with E-state index >= 15 is 0 Å². The largest absolute Gasteiger partial charge is 0.343 e. The fourth-order valence-corrected chi connectivity index (χ4v) is 2.13. The molecule has 0 heterocycles. The van der Waals surface area contributed by atoms with E-state index in [9.17, 15) is 14.0 Å². The molecule has 0 aliphatic heterocycles. The third-order valence-electron chi connectivity index (χ3n) is 2.80. The Kier molecular flexibility index (Phi) is 5.99. The summed E-state index contributed by atoms with van der Waals surface area (Å²) in [5, 5.41) is 6.22. The van der Waals surface area contributed by atoms with Crippen LogP contribution in [0.25, 0.3) is 0 Å². The minimum atomic E-state index is -0.469. The van der Waals surface area contributed by atoms with Crippen LogP contribution >= 0.6 is 15.9 Å². The van der Waals surface area contributed by atoms with Crippen LogP contribution in [-0.4, -0.2) is 24.6 Å². The molecule has 2 aromatic carbocycles. The Labute approximate surface area is 140 Å². The van der Waals surface area contributed by atoms with Crippen molar-refractivity contribution >= 4 is 34.0 Å². The van der Waals surface area contributed by atoms with Crippen molar-refractivity contribution in [2.45, 2.75) is 0 Å². The van der Waals surface area contributed by atoms with Gasteiger partial charge in [-0.1, -0.05) is 24.3 Å². The lowest BCUT2D eigenvalue weighted by Gasteiger charge is -2.05. The summed E-state index contributed by atoms with van der Waals surface area (Å²) < 4.78 is 13.4. The van der Waals surface area contributed by atoms with Crippen molar-refractivity contribution < 1.29 is 14.0 Å². The highest BCUT2D eigenvalue weighted by atomic mass is 79.9. The van der Waals surface area contributed by atoms with Gasteiger partial charge in [0.2, 0.25) is 0 Å². The van der Waals surface area contributed by atoms with Gasteiger partial charge in [-0.05, 0) is 45.8 Å². The molecule has 0 saturated carbocycles. The summed E-state index contributed by atoms with van der Waals surface area (Å²) in [6, 6.07) is 12.5. The molecule has 7 heteroatoms. The normalized spacial score (nSPS) is 10.5. The molecular weight excluding hydrogens is 365 g/mol. The number of nitrogens with one attached hydrogen (secondary N) is 2. The number of nitrogens with zero attached hydrogens (tertiary/aromatic N) is 1. The molecule has 0 atom stereocenters. The smallest absolute Gasteiger partial charge is 0.259 e. The van der Waals surface area contributed by atoms with Gasteiger partial charge in [0, 0.05) is 4.47 Å². The van der Waals surface area contributed by atoms with Crippen LogP contribution in [0.2, 0.25) is 0 Å². The first-order valence-corrected chi connectivity index (χ1v) is 7.46. The van der Waals surface area contributed by atoms with Gasteiger partial charge >= 0.3 is 0 Å². The summed E-state index contributed by atoms with van der Waals surface area (Å²) in [5.41, 5.74) is 3.36. The second kappa shape index (κ2) is 8.19. The van der Waals surface area contributed by atoms with Crippen LogP contribution in [-0.2, 0) is 4.79 Å². The fraction of sp³-hybridized carbons (Fsp3) is 0.0625. The topological polar surface area (TPSA) is 70.6 Å². The molecule has 118 valence electrons. The SMILES string of the molecule is O=C(CNC(=O)c1ccccc1Br)N/N=C/c1ccc(F)cc1. The summed E-state index contributed by atoms with van der Waals surface area (Å²) in [6.07, 6.45) is 1.38. The Bertz CT molecular complexity index is 732. The van der Waals surface area contributed by atoms with Gasteiger partial charge in [0.15, 0.2) is 0 Å². The highest BCUT2D eigenvalue weighted by molar-refractivity contribution is 9.10. The molecule has 0 saturated heterocycles. The number of amides is 2. The molecule has 0 spiro atoms. The van der Waals surface area contributed by atoms with Gasteiger partial charge in [-0.3, -0.25) is 9.59 Å². The van der Waals surface area contributed by atoms with Crippen molar-refractivity contribution in [1.82, 2.24) is 10.7 Å². The van der Waals surface area contributed by atoms with Crippen LogP contribution in [0.1, 0.15) is 15.9 Å². The molecule has 5 nitrogen and oxygen atoms in total. The van der Waals surface area contributed by atoms with Crippen molar-refractivity contribution in [3.63, 3.8) is 0 Å². The maximum absolute atomic E-state index is 12.7. The minimum Gasteiger partial charge on any atom is -0.343 e. The zero-order valence-corrected chi connectivity index (χ0v) is 13.5. The molecule has 0 fully saturated rings. The average molecular weight is 378 g/mol. The van der Waals surface area contributed by atoms with Crippen LogP contribution in [0.3, 0.4) is 0 Å². The molecule has 0 unspecified atom stereocenters. The van der Waals surface area contributed by atoms with E-state index in [2.05, 4.69) is 31.8 Å². The molecule has 0 aliphatic rings. The molecule has 2 rings (SSSR count). The molecule has 0 bridgehead atoms. The first kappa shape index (κ1) is 16.8. The highest BCUT2D eigenvalue weighted by Gasteiger charge is 2.10. The zero-order valence-electron chi connectivity index (χ0n) is 11.9. The zero-order chi connectivity index (χ0) is 16.7. The Morgan fingerprint density at radius 1 is 1.13 bits per heavy atom. The molecule has 2 N–H and O–H groups in total. The van der Waals surface area contributed by atoms with Crippen molar-refractivity contribution in [1.29, 1.82) is 0 Å². The number of carbonyl (C=O) groups excluding carboxylic acids is 2. The van der Waals surface area contributed by atoms with Gasteiger partial charge in [-0.25, -0.2) is 9.82 Å². The second-order valence-electron chi connectivity index (χ2n) is 4.51. The van der Waals surface area contributed by atoms with Crippen molar-refractivity contribution in [3.05, 3.63) is 69.9 Å². The summed E-state index contributed by atoms with van der Waals surface area (Å²) >= 11 is 3.27. The Hall–Kier alpha value is -2.54. The maximum atomic E-state index is 12.7. The lowest BCUT2D eigenvalue weighted by Crippen LogP contribution is -2.35. The number of hydrogen-bond donors (Lipinski definition) is 2. The predicted octanol–water partition coefficient (Wildman–Crippen LogP) is 2.47. The predicted molar refractivity (Wildman–Crippen MR) is 88.6 cm³/mol. The number of benzene rings is 2. The third kappa shape index (κ3) is 5.30. The van der Waals surface area contributed by atoms with Crippen LogP contribution in [0.5, 0.6) is 0 Å². The summed E-state index contributed by atoms with van der Waals surface area (Å²) in [6.45, 7) is -0.207. The number of hydrogen-bond acceptors (Lipinski definition) is 3. The summed E-state index contributed by atoms with van der Waals surface area (Å²) in [7, 11) is 0. The highest BCUT2D eigenvalue weighted by Crippen LogP contribution is 2.15. The van der Waals surface area contributed by atoms with Crippen LogP contribution < -0.4 is 10.7 Å². The van der Waals surface area contributed by atoms with Crippen LogP contribution in [0, 0.1) is 5.82 Å². The van der Waals surface area contributed by atoms with Crippen molar-refractivity contribution in [2.75, 3.05) is 6.54 Å². The monoisotopic (exact) mass is 377 g/mol. The van der Waals surface area contributed by atoms with E-state index in [0.717, 1.165) is 0 Å². The van der Waals surface area contributed by atoms with Gasteiger partial charge in [0.1, 0.15) is 5.82 Å². The Balaban J connectivity index is 1.80. The first-order valence-electron chi connectivity index (χ1n) is 6.66. The molecule has 2 amide bonds. The third-order valence-corrected chi connectivity index (χ3v) is 3.49. The van der Waals surface area contributed by atoms with Gasteiger partial charge in [-0.2, -0.15) is 5.10 Å². The number of hydrazone groups is 1. The van der Waals surface area contributed by atoms with E-state index in [1.165, 1.54) is 30.5 Å². The minimum absolute atomic E-state index is 0.207. The average Bonchev–Trinajstić information content (AvgIpc) is 2.55. The molecule has 0 aliphatic carbocycles. The lowest BCUT2D eigenvalue weighted by atomic mass is 10.2. The van der Waals surface area contributed by atoms with Crippen molar-refractivity contribution in [2.24, 2.45) is 5.10 Å². The molecule has 0 aromatic heterocycles. The van der Waals surface area contributed by atoms with Crippen LogP contribution in [0.4, 0.5) is 4.39 Å². The Morgan fingerprint density at radius 3 is 2.52 bits per heavy atom. The number of carbonyl (C=O) groups is 2. The first-order chi connectivity index (χ1) is 11.1. The van der Waals surface area contributed by atoms with E-state index < -0.39 is 5.91 Å². The standard InChI is InChI=1S/C16H13BrFN3O2/c17-14-4-2-1-3-13(14)16(23)19-10-15(22)21-20-9-11-5-7-12(18)8-6-11/h1-9H,10H2,(H,19,23)(H,21,22)/b20-9+. The van der Waals surface area contributed by atoms with Gasteiger partial charge in [0.05, 0.1) is 18.3 Å². The molecule has 2 aromatic rings. The van der Waals surface area contributed by atoms with E-state index in [0.29, 0.717) is 15.6 Å². The number of rotatable bonds is 5. The quantitative estimate of drug-likeness (QED) is 0.620. The summed E-state index contributed by atoms with van der Waals surface area (Å²) in [5.74, 6) is -1.18. The van der Waals surface area contributed by atoms with E-state index in [-0.39, 0.29) is 18.3 Å². The van der Waals surface area contributed by atoms with Crippen molar-refractivity contribution in [3.8, 4) is 0 Å². The fourth-order valence-electron chi connectivity index (χ4n) is 1.67. The molecular formula is C16H13BrFN3O2. The number of halogens is 2. The van der Waals surface area contributed by atoms with Gasteiger partial charge in [0.25, 0.3) is 11.8 Å². The summed E-state index contributed by atoms with van der Waals surface area (Å²) in [4.78, 5) is 23.5. The maximum Gasteiger partial charge on any atom is 0.259 e.